The van der Waals surface area contributed by atoms with Gasteiger partial charge in [0.1, 0.15) is 18.1 Å². The van der Waals surface area contributed by atoms with Crippen LogP contribution in [0.1, 0.15) is 28.4 Å². The lowest BCUT2D eigenvalue weighted by molar-refractivity contribution is -0.129. The van der Waals surface area contributed by atoms with Crippen molar-refractivity contribution in [2.24, 2.45) is 0 Å². The van der Waals surface area contributed by atoms with Gasteiger partial charge in [0.2, 0.25) is 5.91 Å². The Morgan fingerprint density at radius 1 is 1.06 bits per heavy atom. The van der Waals surface area contributed by atoms with Gasteiger partial charge < -0.3 is 14.4 Å². The second-order valence-electron chi connectivity index (χ2n) is 8.04. The zero-order chi connectivity index (χ0) is 24.9. The molecular formula is C26H24ClN3O5. The van der Waals surface area contributed by atoms with Crippen LogP contribution in [0.15, 0.2) is 66.7 Å². The number of ether oxygens (including phenoxy) is 2. The minimum Gasteiger partial charge on any atom is -0.489 e. The fourth-order valence-corrected chi connectivity index (χ4v) is 3.68. The number of carbonyl (C=O) groups excluding carboxylic acids is 3. The molecule has 0 aromatic heterocycles. The van der Waals surface area contributed by atoms with Gasteiger partial charge in [-0.25, -0.2) is 0 Å². The molecule has 0 bridgehead atoms. The summed E-state index contributed by atoms with van der Waals surface area (Å²) in [6.07, 6.45) is -0.967. The molecule has 0 spiro atoms. The van der Waals surface area contributed by atoms with E-state index in [-0.39, 0.29) is 12.5 Å². The first-order valence-electron chi connectivity index (χ1n) is 10.9. The van der Waals surface area contributed by atoms with E-state index in [9.17, 15) is 14.4 Å². The zero-order valence-electron chi connectivity index (χ0n) is 19.2. The predicted octanol–water partition coefficient (Wildman–Crippen LogP) is 3.80. The maximum Gasteiger partial charge on any atom is 0.281 e. The molecule has 35 heavy (non-hydrogen) atoms. The summed E-state index contributed by atoms with van der Waals surface area (Å²) >= 11 is 6.03. The van der Waals surface area contributed by atoms with Crippen LogP contribution in [0.25, 0.3) is 0 Å². The van der Waals surface area contributed by atoms with E-state index in [1.165, 1.54) is 11.8 Å². The molecule has 3 aromatic rings. The van der Waals surface area contributed by atoms with Gasteiger partial charge in [0.15, 0.2) is 6.10 Å². The van der Waals surface area contributed by atoms with Crippen molar-refractivity contribution in [1.29, 1.82) is 0 Å². The van der Waals surface area contributed by atoms with E-state index in [0.29, 0.717) is 34.4 Å². The summed E-state index contributed by atoms with van der Waals surface area (Å²) in [7, 11) is 0. The van der Waals surface area contributed by atoms with E-state index < -0.39 is 17.9 Å². The Morgan fingerprint density at radius 3 is 2.51 bits per heavy atom. The van der Waals surface area contributed by atoms with Gasteiger partial charge in [0.25, 0.3) is 11.8 Å². The van der Waals surface area contributed by atoms with Crippen molar-refractivity contribution in [2.75, 3.05) is 11.4 Å². The Morgan fingerprint density at radius 2 is 1.80 bits per heavy atom. The number of hydrogen-bond donors (Lipinski definition) is 2. The van der Waals surface area contributed by atoms with E-state index >= 15 is 0 Å². The number of benzene rings is 3. The molecule has 0 aliphatic carbocycles. The summed E-state index contributed by atoms with van der Waals surface area (Å²) < 4.78 is 11.5. The first-order chi connectivity index (χ1) is 16.8. The number of nitrogens with zero attached hydrogens (tertiary/aromatic N) is 1. The van der Waals surface area contributed by atoms with Gasteiger partial charge in [-0.2, -0.15) is 0 Å². The highest BCUT2D eigenvalue weighted by molar-refractivity contribution is 6.31. The predicted molar refractivity (Wildman–Crippen MR) is 131 cm³/mol. The Hall–Kier alpha value is -4.04. The van der Waals surface area contributed by atoms with E-state index in [2.05, 4.69) is 10.9 Å². The summed E-state index contributed by atoms with van der Waals surface area (Å²) in [4.78, 5) is 38.6. The van der Waals surface area contributed by atoms with Crippen molar-refractivity contribution in [3.63, 3.8) is 0 Å². The van der Waals surface area contributed by atoms with Gasteiger partial charge >= 0.3 is 0 Å². The molecule has 180 valence electrons. The average molecular weight is 494 g/mol. The first-order valence-corrected chi connectivity index (χ1v) is 11.3. The molecule has 1 aliphatic rings. The van der Waals surface area contributed by atoms with Crippen LogP contribution in [0, 0.1) is 6.92 Å². The quantitative estimate of drug-likeness (QED) is 0.527. The van der Waals surface area contributed by atoms with E-state index in [4.69, 9.17) is 21.1 Å². The van der Waals surface area contributed by atoms with Crippen LogP contribution in [0.5, 0.6) is 11.5 Å². The van der Waals surface area contributed by atoms with Crippen molar-refractivity contribution < 1.29 is 23.9 Å². The maximum absolute atomic E-state index is 12.6. The molecule has 0 saturated heterocycles. The standard InChI is InChI=1S/C26H24ClN3O5/c1-16-13-20(11-12-21(16)27)34-15-18-7-9-19(10-8-18)25(32)28-29-26(33)24-14-30(17(2)31)22-5-3-4-6-23(22)35-24/h3-13,24H,14-15H2,1-2H3,(H,28,32)(H,29,33). The second-order valence-corrected chi connectivity index (χ2v) is 8.45. The molecule has 1 aliphatic heterocycles. The third-order valence-corrected chi connectivity index (χ3v) is 5.92. The largest absolute Gasteiger partial charge is 0.489 e. The van der Waals surface area contributed by atoms with Gasteiger partial charge in [0.05, 0.1) is 12.2 Å². The lowest BCUT2D eigenvalue weighted by atomic mass is 10.1. The van der Waals surface area contributed by atoms with Crippen molar-refractivity contribution in [3.05, 3.63) is 88.4 Å². The van der Waals surface area contributed by atoms with Crippen LogP contribution in [0.3, 0.4) is 0 Å². The highest BCUT2D eigenvalue weighted by Crippen LogP contribution is 2.33. The zero-order valence-corrected chi connectivity index (χ0v) is 20.0. The van der Waals surface area contributed by atoms with Gasteiger partial charge in [0, 0.05) is 17.5 Å². The van der Waals surface area contributed by atoms with Gasteiger partial charge in [-0.15, -0.1) is 0 Å². The van der Waals surface area contributed by atoms with E-state index in [0.717, 1.165) is 11.1 Å². The molecule has 1 heterocycles. The smallest absolute Gasteiger partial charge is 0.281 e. The molecule has 8 nitrogen and oxygen atoms in total. The second kappa shape index (κ2) is 10.5. The van der Waals surface area contributed by atoms with Crippen LogP contribution in [0.4, 0.5) is 5.69 Å². The van der Waals surface area contributed by atoms with Crippen LogP contribution in [-0.2, 0) is 16.2 Å². The number of nitrogens with one attached hydrogen (secondary N) is 2. The molecule has 0 fully saturated rings. The Balaban J connectivity index is 1.31. The molecular weight excluding hydrogens is 470 g/mol. The number of halogens is 1. The fourth-order valence-electron chi connectivity index (χ4n) is 3.57. The van der Waals surface area contributed by atoms with E-state index in [1.54, 1.807) is 60.7 Å². The van der Waals surface area contributed by atoms with Crippen LogP contribution in [-0.4, -0.2) is 30.4 Å². The monoisotopic (exact) mass is 493 g/mol. The molecule has 3 amide bonds. The molecule has 9 heteroatoms. The number of hydrogen-bond acceptors (Lipinski definition) is 5. The summed E-state index contributed by atoms with van der Waals surface area (Å²) in [5, 5.41) is 0.677. The van der Waals surface area contributed by atoms with Crippen LogP contribution >= 0.6 is 11.6 Å². The summed E-state index contributed by atoms with van der Waals surface area (Å²) in [6.45, 7) is 3.69. The number of para-hydroxylation sites is 2. The first kappa shape index (κ1) is 24.1. The Kier molecular flexibility index (Phi) is 7.22. The van der Waals surface area contributed by atoms with Gasteiger partial charge in [-0.05, 0) is 60.5 Å². The van der Waals surface area contributed by atoms with Gasteiger partial charge in [-0.1, -0.05) is 35.9 Å². The minimum absolute atomic E-state index is 0.0376. The van der Waals surface area contributed by atoms with Crippen LogP contribution < -0.4 is 25.2 Å². The third-order valence-electron chi connectivity index (χ3n) is 5.50. The Labute approximate surface area is 207 Å². The number of carbonyl (C=O) groups is 3. The topological polar surface area (TPSA) is 97.0 Å². The number of anilines is 1. The van der Waals surface area contributed by atoms with Crippen molar-refractivity contribution >= 4 is 35.0 Å². The molecule has 1 unspecified atom stereocenters. The molecule has 1 atom stereocenters. The number of rotatable bonds is 5. The SMILES string of the molecule is CC(=O)N1CC(C(=O)NNC(=O)c2ccc(COc3ccc(Cl)c(C)c3)cc2)Oc2ccccc21. The number of fused-ring (bicyclic) bond motifs is 1. The van der Waals surface area contributed by atoms with Crippen molar-refractivity contribution in [2.45, 2.75) is 26.6 Å². The Bertz CT molecular complexity index is 1260. The molecule has 2 N–H and O–H groups in total. The summed E-state index contributed by atoms with van der Waals surface area (Å²) in [6, 6.07) is 19.2. The summed E-state index contributed by atoms with van der Waals surface area (Å²) in [5.74, 6) is -0.140. The maximum atomic E-state index is 12.6. The number of amides is 3. The fraction of sp³-hybridized carbons (Fsp3) is 0.192. The molecule has 4 rings (SSSR count). The minimum atomic E-state index is -0.967. The highest BCUT2D eigenvalue weighted by Gasteiger charge is 2.32. The lowest BCUT2D eigenvalue weighted by Gasteiger charge is -2.33. The van der Waals surface area contributed by atoms with E-state index in [1.807, 2.05) is 13.0 Å². The van der Waals surface area contributed by atoms with Crippen molar-refractivity contribution in [1.82, 2.24) is 10.9 Å². The highest BCUT2D eigenvalue weighted by atomic mass is 35.5. The van der Waals surface area contributed by atoms with Crippen LogP contribution in [0.2, 0.25) is 5.02 Å². The number of hydrazine groups is 1. The normalized spacial score (nSPS) is 14.4. The molecule has 0 saturated carbocycles. The average Bonchev–Trinajstić information content (AvgIpc) is 2.87. The summed E-state index contributed by atoms with van der Waals surface area (Å²) in [5.41, 5.74) is 7.52. The third kappa shape index (κ3) is 5.73. The van der Waals surface area contributed by atoms with Crippen molar-refractivity contribution in [3.8, 4) is 11.5 Å². The lowest BCUT2D eigenvalue weighted by Crippen LogP contribution is -2.54. The van der Waals surface area contributed by atoms with Gasteiger partial charge in [-0.3, -0.25) is 25.2 Å². The molecule has 0 radical (unpaired) electrons. The number of aryl methyl sites for hydroxylation is 1. The molecule has 3 aromatic carbocycles.